The summed E-state index contributed by atoms with van der Waals surface area (Å²) in [5, 5.41) is 6.79. The van der Waals surface area contributed by atoms with Gasteiger partial charge in [-0.25, -0.2) is 0 Å². The van der Waals surface area contributed by atoms with Gasteiger partial charge >= 0.3 is 0 Å². The Morgan fingerprint density at radius 2 is 1.79 bits per heavy atom. The first-order valence-corrected chi connectivity index (χ1v) is 9.95. The van der Waals surface area contributed by atoms with E-state index in [-0.39, 0.29) is 5.60 Å². The van der Waals surface area contributed by atoms with Crippen LogP contribution in [-0.2, 0) is 29.2 Å². The van der Waals surface area contributed by atoms with Gasteiger partial charge in [-0.3, -0.25) is 4.99 Å². The molecule has 150 valence electrons. The van der Waals surface area contributed by atoms with Gasteiger partial charge in [0, 0.05) is 26.7 Å². The molecule has 5 nitrogen and oxygen atoms in total. The van der Waals surface area contributed by atoms with Crippen LogP contribution >= 0.6 is 0 Å². The van der Waals surface area contributed by atoms with E-state index in [1.54, 1.807) is 7.05 Å². The maximum atomic E-state index is 5.92. The van der Waals surface area contributed by atoms with E-state index in [2.05, 4.69) is 58.9 Å². The maximum absolute atomic E-state index is 5.92. The summed E-state index contributed by atoms with van der Waals surface area (Å²) in [5.74, 6) is 0.789. The van der Waals surface area contributed by atoms with Crippen molar-refractivity contribution in [3.8, 4) is 0 Å². The SMILES string of the molecule is CN=C(NCc1ccccc1COCc1ccccc1)NCC1(C)CCCO1. The van der Waals surface area contributed by atoms with Crippen molar-refractivity contribution in [3.63, 3.8) is 0 Å². The van der Waals surface area contributed by atoms with Crippen LogP contribution in [0.25, 0.3) is 0 Å². The Kier molecular flexibility index (Phi) is 7.46. The Balaban J connectivity index is 1.49. The third kappa shape index (κ3) is 6.08. The molecular formula is C23H31N3O2. The highest BCUT2D eigenvalue weighted by molar-refractivity contribution is 5.79. The minimum atomic E-state index is -0.0964. The minimum absolute atomic E-state index is 0.0964. The fourth-order valence-corrected chi connectivity index (χ4v) is 3.37. The lowest BCUT2D eigenvalue weighted by atomic mass is 10.0. The summed E-state index contributed by atoms with van der Waals surface area (Å²) in [5.41, 5.74) is 3.49. The topological polar surface area (TPSA) is 54.9 Å². The fraction of sp³-hybridized carbons (Fsp3) is 0.435. The molecule has 0 saturated carbocycles. The molecule has 0 aromatic heterocycles. The number of benzene rings is 2. The van der Waals surface area contributed by atoms with Crippen molar-refractivity contribution >= 4 is 5.96 Å². The second-order valence-corrected chi connectivity index (χ2v) is 7.43. The van der Waals surface area contributed by atoms with E-state index in [4.69, 9.17) is 9.47 Å². The lowest BCUT2D eigenvalue weighted by Gasteiger charge is -2.24. The van der Waals surface area contributed by atoms with Crippen LogP contribution in [-0.4, -0.2) is 31.8 Å². The highest BCUT2D eigenvalue weighted by Gasteiger charge is 2.29. The molecule has 28 heavy (non-hydrogen) atoms. The van der Waals surface area contributed by atoms with Gasteiger partial charge in [0.05, 0.1) is 18.8 Å². The Hall–Kier alpha value is -2.37. The predicted octanol–water partition coefficient (Wildman–Crippen LogP) is 3.64. The Labute approximate surface area is 168 Å². The van der Waals surface area contributed by atoms with E-state index >= 15 is 0 Å². The molecule has 1 unspecified atom stereocenters. The number of hydrogen-bond donors (Lipinski definition) is 2. The van der Waals surface area contributed by atoms with Gasteiger partial charge in [0.15, 0.2) is 5.96 Å². The van der Waals surface area contributed by atoms with E-state index in [1.807, 2.05) is 18.2 Å². The van der Waals surface area contributed by atoms with Crippen molar-refractivity contribution < 1.29 is 9.47 Å². The van der Waals surface area contributed by atoms with Gasteiger partial charge in [-0.15, -0.1) is 0 Å². The monoisotopic (exact) mass is 381 g/mol. The quantitative estimate of drug-likeness (QED) is 0.541. The van der Waals surface area contributed by atoms with E-state index in [0.29, 0.717) is 19.8 Å². The summed E-state index contributed by atoms with van der Waals surface area (Å²) in [6, 6.07) is 18.6. The number of ether oxygens (including phenoxy) is 2. The molecule has 0 bridgehead atoms. The zero-order valence-corrected chi connectivity index (χ0v) is 16.9. The van der Waals surface area contributed by atoms with Crippen LogP contribution in [0.1, 0.15) is 36.5 Å². The Morgan fingerprint density at radius 1 is 1.04 bits per heavy atom. The number of aliphatic imine (C=N–C) groups is 1. The predicted molar refractivity (Wildman–Crippen MR) is 113 cm³/mol. The van der Waals surface area contributed by atoms with Crippen molar-refractivity contribution in [2.24, 2.45) is 4.99 Å². The van der Waals surface area contributed by atoms with Crippen LogP contribution in [0.3, 0.4) is 0 Å². The Morgan fingerprint density at radius 3 is 2.50 bits per heavy atom. The van der Waals surface area contributed by atoms with Gasteiger partial charge in [-0.1, -0.05) is 54.6 Å². The maximum Gasteiger partial charge on any atom is 0.191 e. The molecule has 2 aromatic rings. The first-order chi connectivity index (χ1) is 13.7. The fourth-order valence-electron chi connectivity index (χ4n) is 3.37. The zero-order valence-electron chi connectivity index (χ0n) is 16.9. The van der Waals surface area contributed by atoms with Gasteiger partial charge in [0.1, 0.15) is 0 Å². The van der Waals surface area contributed by atoms with Crippen molar-refractivity contribution in [3.05, 3.63) is 71.3 Å². The van der Waals surface area contributed by atoms with E-state index in [0.717, 1.165) is 32.0 Å². The van der Waals surface area contributed by atoms with E-state index < -0.39 is 0 Å². The third-order valence-electron chi connectivity index (χ3n) is 5.09. The molecule has 2 aromatic carbocycles. The molecule has 0 aliphatic carbocycles. The molecule has 1 fully saturated rings. The number of guanidine groups is 1. The van der Waals surface area contributed by atoms with E-state index in [1.165, 1.54) is 16.7 Å². The largest absolute Gasteiger partial charge is 0.373 e. The second-order valence-electron chi connectivity index (χ2n) is 7.43. The summed E-state index contributed by atoms with van der Waals surface area (Å²) in [4.78, 5) is 4.33. The molecule has 1 aliphatic heterocycles. The lowest BCUT2D eigenvalue weighted by Crippen LogP contribution is -2.45. The lowest BCUT2D eigenvalue weighted by molar-refractivity contribution is 0.0243. The van der Waals surface area contributed by atoms with Crippen LogP contribution < -0.4 is 10.6 Å². The van der Waals surface area contributed by atoms with Gasteiger partial charge in [-0.2, -0.15) is 0 Å². The van der Waals surface area contributed by atoms with Crippen molar-refractivity contribution in [1.82, 2.24) is 10.6 Å². The molecular weight excluding hydrogens is 350 g/mol. The number of nitrogens with one attached hydrogen (secondary N) is 2. The van der Waals surface area contributed by atoms with Crippen molar-refractivity contribution in [2.45, 2.75) is 45.1 Å². The van der Waals surface area contributed by atoms with Crippen molar-refractivity contribution in [2.75, 3.05) is 20.2 Å². The van der Waals surface area contributed by atoms with E-state index in [9.17, 15) is 0 Å². The van der Waals surface area contributed by atoms with Crippen molar-refractivity contribution in [1.29, 1.82) is 0 Å². The molecule has 1 saturated heterocycles. The molecule has 1 atom stereocenters. The molecule has 3 rings (SSSR count). The number of nitrogens with zero attached hydrogens (tertiary/aromatic N) is 1. The van der Waals surface area contributed by atoms with Crippen LogP contribution in [0.5, 0.6) is 0 Å². The number of rotatable bonds is 8. The normalized spacial score (nSPS) is 19.6. The highest BCUT2D eigenvalue weighted by Crippen LogP contribution is 2.23. The smallest absolute Gasteiger partial charge is 0.191 e. The van der Waals surface area contributed by atoms with Crippen LogP contribution in [0.2, 0.25) is 0 Å². The molecule has 1 aliphatic rings. The number of hydrogen-bond acceptors (Lipinski definition) is 3. The third-order valence-corrected chi connectivity index (χ3v) is 5.09. The molecule has 2 N–H and O–H groups in total. The summed E-state index contributed by atoms with van der Waals surface area (Å²) in [6.07, 6.45) is 2.21. The van der Waals surface area contributed by atoms with Gasteiger partial charge in [0.25, 0.3) is 0 Å². The zero-order chi connectivity index (χ0) is 19.7. The summed E-state index contributed by atoms with van der Waals surface area (Å²) >= 11 is 0. The van der Waals surface area contributed by atoms with Gasteiger partial charge < -0.3 is 20.1 Å². The first kappa shape index (κ1) is 20.4. The molecule has 0 radical (unpaired) electrons. The van der Waals surface area contributed by atoms with Gasteiger partial charge in [-0.05, 0) is 36.5 Å². The highest BCUT2D eigenvalue weighted by atomic mass is 16.5. The molecule has 0 amide bonds. The minimum Gasteiger partial charge on any atom is -0.373 e. The summed E-state index contributed by atoms with van der Waals surface area (Å²) < 4.78 is 11.8. The standard InChI is InChI=1S/C23H31N3O2/c1-23(13-8-14-28-23)18-26-22(24-2)25-15-20-11-6-7-12-21(20)17-27-16-19-9-4-3-5-10-19/h3-7,9-12H,8,13-18H2,1-2H3,(H2,24,25,26). The summed E-state index contributed by atoms with van der Waals surface area (Å²) in [7, 11) is 1.79. The summed E-state index contributed by atoms with van der Waals surface area (Å²) in [6.45, 7) is 5.66. The van der Waals surface area contributed by atoms with Crippen LogP contribution in [0, 0.1) is 0 Å². The molecule has 0 spiro atoms. The van der Waals surface area contributed by atoms with Gasteiger partial charge in [0.2, 0.25) is 0 Å². The Bertz CT molecular complexity index is 755. The first-order valence-electron chi connectivity index (χ1n) is 9.95. The molecule has 5 heteroatoms. The second kappa shape index (κ2) is 10.2. The van der Waals surface area contributed by atoms with Crippen LogP contribution in [0.4, 0.5) is 0 Å². The average molecular weight is 382 g/mol. The molecule has 1 heterocycles. The average Bonchev–Trinajstić information content (AvgIpc) is 3.16. The van der Waals surface area contributed by atoms with Crippen LogP contribution in [0.15, 0.2) is 59.6 Å².